The molecule has 0 radical (unpaired) electrons. The fourth-order valence-corrected chi connectivity index (χ4v) is 3.96. The van der Waals surface area contributed by atoms with E-state index in [1.807, 2.05) is 0 Å². The molecule has 1 amide bonds. The van der Waals surface area contributed by atoms with E-state index in [1.165, 1.54) is 18.9 Å². The first-order valence-corrected chi connectivity index (χ1v) is 7.66. The second kappa shape index (κ2) is 5.69. The van der Waals surface area contributed by atoms with E-state index in [2.05, 4.69) is 0 Å². The summed E-state index contributed by atoms with van der Waals surface area (Å²) in [5.41, 5.74) is 0. The molecule has 7 heteroatoms. The SMILES string of the molecule is CC(CN(C)C(=O)C1CCCCS1(=O)=O)C(=O)O. The van der Waals surface area contributed by atoms with Crippen molar-refractivity contribution in [2.75, 3.05) is 19.3 Å². The Hall–Kier alpha value is -1.11. The largest absolute Gasteiger partial charge is 0.481 e. The van der Waals surface area contributed by atoms with Crippen LogP contribution in [0.5, 0.6) is 0 Å². The van der Waals surface area contributed by atoms with Crippen LogP contribution in [0, 0.1) is 5.92 Å². The molecule has 0 aromatic rings. The molecule has 18 heavy (non-hydrogen) atoms. The zero-order chi connectivity index (χ0) is 13.9. The number of hydrogen-bond acceptors (Lipinski definition) is 4. The van der Waals surface area contributed by atoms with Gasteiger partial charge in [-0.15, -0.1) is 0 Å². The van der Waals surface area contributed by atoms with Crippen molar-refractivity contribution in [3.63, 3.8) is 0 Å². The van der Waals surface area contributed by atoms with Crippen molar-refractivity contribution >= 4 is 21.7 Å². The van der Waals surface area contributed by atoms with Crippen molar-refractivity contribution < 1.29 is 23.1 Å². The summed E-state index contributed by atoms with van der Waals surface area (Å²) in [6.45, 7) is 1.52. The zero-order valence-corrected chi connectivity index (χ0v) is 11.4. The van der Waals surface area contributed by atoms with Crippen LogP contribution in [0.1, 0.15) is 26.2 Å². The minimum Gasteiger partial charge on any atom is -0.481 e. The molecular formula is C11H19NO5S. The molecule has 0 aromatic carbocycles. The number of aliphatic carboxylic acids is 1. The number of rotatable bonds is 4. The summed E-state index contributed by atoms with van der Waals surface area (Å²) >= 11 is 0. The fraction of sp³-hybridized carbons (Fsp3) is 0.818. The van der Waals surface area contributed by atoms with Gasteiger partial charge < -0.3 is 10.0 Å². The molecule has 2 atom stereocenters. The van der Waals surface area contributed by atoms with E-state index in [4.69, 9.17) is 5.11 Å². The van der Waals surface area contributed by atoms with Gasteiger partial charge in [0, 0.05) is 13.6 Å². The van der Waals surface area contributed by atoms with Crippen LogP contribution >= 0.6 is 0 Å². The number of carbonyl (C=O) groups is 2. The molecule has 0 saturated carbocycles. The molecule has 1 saturated heterocycles. The number of carboxylic acids is 1. The first-order valence-electron chi connectivity index (χ1n) is 5.95. The zero-order valence-electron chi connectivity index (χ0n) is 10.6. The van der Waals surface area contributed by atoms with Gasteiger partial charge in [0.25, 0.3) is 0 Å². The quantitative estimate of drug-likeness (QED) is 0.788. The van der Waals surface area contributed by atoms with Crippen molar-refractivity contribution in [2.24, 2.45) is 5.92 Å². The second-order valence-electron chi connectivity index (χ2n) is 4.81. The standard InChI is InChI=1S/C11H19NO5S/c1-8(11(14)15)7-12(2)10(13)9-5-3-4-6-18(9,16)17/h8-9H,3-7H2,1-2H3,(H,14,15). The molecule has 2 unspecified atom stereocenters. The molecule has 1 fully saturated rings. The molecule has 1 heterocycles. The summed E-state index contributed by atoms with van der Waals surface area (Å²) in [6, 6.07) is 0. The summed E-state index contributed by atoms with van der Waals surface area (Å²) < 4.78 is 23.6. The van der Waals surface area contributed by atoms with E-state index in [1.54, 1.807) is 0 Å². The topological polar surface area (TPSA) is 91.8 Å². The smallest absolute Gasteiger partial charge is 0.308 e. The van der Waals surface area contributed by atoms with E-state index in [0.29, 0.717) is 12.8 Å². The third-order valence-corrected chi connectivity index (χ3v) is 5.36. The summed E-state index contributed by atoms with van der Waals surface area (Å²) in [5.74, 6) is -2.14. The average molecular weight is 277 g/mol. The molecule has 0 aliphatic carbocycles. The molecular weight excluding hydrogens is 258 g/mol. The van der Waals surface area contributed by atoms with Crippen molar-refractivity contribution in [1.82, 2.24) is 4.90 Å². The maximum absolute atomic E-state index is 12.0. The molecule has 0 bridgehead atoms. The summed E-state index contributed by atoms with van der Waals surface area (Å²) in [6.07, 6.45) is 1.66. The van der Waals surface area contributed by atoms with Gasteiger partial charge in [-0.05, 0) is 12.8 Å². The number of carbonyl (C=O) groups excluding carboxylic acids is 1. The highest BCUT2D eigenvalue weighted by atomic mass is 32.2. The monoisotopic (exact) mass is 277 g/mol. The van der Waals surface area contributed by atoms with Gasteiger partial charge in [0.15, 0.2) is 9.84 Å². The molecule has 1 rings (SSSR count). The minimum absolute atomic E-state index is 0.0280. The lowest BCUT2D eigenvalue weighted by Crippen LogP contribution is -2.45. The summed E-state index contributed by atoms with van der Waals surface area (Å²) in [7, 11) is -1.91. The van der Waals surface area contributed by atoms with Gasteiger partial charge >= 0.3 is 5.97 Å². The Bertz CT molecular complexity index is 431. The van der Waals surface area contributed by atoms with E-state index in [-0.39, 0.29) is 12.3 Å². The Kier molecular flexibility index (Phi) is 4.72. The van der Waals surface area contributed by atoms with Crippen LogP contribution in [0.25, 0.3) is 0 Å². The highest BCUT2D eigenvalue weighted by Gasteiger charge is 2.36. The predicted octanol–water partition coefficient (Wildman–Crippen LogP) is 0.133. The van der Waals surface area contributed by atoms with Crippen LogP contribution in [-0.2, 0) is 19.4 Å². The van der Waals surface area contributed by atoms with Gasteiger partial charge in [0.2, 0.25) is 5.91 Å². The van der Waals surface area contributed by atoms with Gasteiger partial charge in [-0.1, -0.05) is 13.3 Å². The fourth-order valence-electron chi connectivity index (χ4n) is 2.06. The highest BCUT2D eigenvalue weighted by molar-refractivity contribution is 7.92. The third-order valence-electron chi connectivity index (χ3n) is 3.20. The van der Waals surface area contributed by atoms with Crippen LogP contribution < -0.4 is 0 Å². The van der Waals surface area contributed by atoms with E-state index >= 15 is 0 Å². The van der Waals surface area contributed by atoms with Crippen molar-refractivity contribution in [3.05, 3.63) is 0 Å². The molecule has 0 aromatic heterocycles. The van der Waals surface area contributed by atoms with Crippen molar-refractivity contribution in [2.45, 2.75) is 31.4 Å². The van der Waals surface area contributed by atoms with Gasteiger partial charge in [-0.2, -0.15) is 0 Å². The molecule has 0 spiro atoms. The normalized spacial score (nSPS) is 24.2. The van der Waals surface area contributed by atoms with Crippen LogP contribution in [0.15, 0.2) is 0 Å². The van der Waals surface area contributed by atoms with E-state index in [0.717, 1.165) is 6.42 Å². The molecule has 6 nitrogen and oxygen atoms in total. The first-order chi connectivity index (χ1) is 8.25. The van der Waals surface area contributed by atoms with Crippen LogP contribution in [0.3, 0.4) is 0 Å². The van der Waals surface area contributed by atoms with Gasteiger partial charge in [-0.25, -0.2) is 8.42 Å². The minimum atomic E-state index is -3.36. The maximum Gasteiger partial charge on any atom is 0.308 e. The highest BCUT2D eigenvalue weighted by Crippen LogP contribution is 2.21. The predicted molar refractivity (Wildman–Crippen MR) is 65.9 cm³/mol. The third kappa shape index (κ3) is 3.44. The summed E-state index contributed by atoms with van der Waals surface area (Å²) in [5, 5.41) is 7.78. The molecule has 1 N–H and O–H groups in total. The Morgan fingerprint density at radius 1 is 1.39 bits per heavy atom. The lowest BCUT2D eigenvalue weighted by molar-refractivity contribution is -0.142. The lowest BCUT2D eigenvalue weighted by Gasteiger charge is -2.27. The number of amides is 1. The lowest BCUT2D eigenvalue weighted by atomic mass is 10.1. The number of nitrogens with zero attached hydrogens (tertiary/aromatic N) is 1. The van der Waals surface area contributed by atoms with Gasteiger partial charge in [0.05, 0.1) is 11.7 Å². The Morgan fingerprint density at radius 3 is 2.50 bits per heavy atom. The Balaban J connectivity index is 2.71. The second-order valence-corrected chi connectivity index (χ2v) is 7.11. The van der Waals surface area contributed by atoms with E-state index < -0.39 is 32.9 Å². The van der Waals surface area contributed by atoms with Crippen molar-refractivity contribution in [1.29, 1.82) is 0 Å². The van der Waals surface area contributed by atoms with Gasteiger partial charge in [-0.3, -0.25) is 9.59 Å². The van der Waals surface area contributed by atoms with Crippen molar-refractivity contribution in [3.8, 4) is 0 Å². The Labute approximate surface area is 107 Å². The number of sulfone groups is 1. The average Bonchev–Trinajstić information content (AvgIpc) is 2.27. The maximum atomic E-state index is 12.0. The van der Waals surface area contributed by atoms with Crippen LogP contribution in [0.4, 0.5) is 0 Å². The van der Waals surface area contributed by atoms with Gasteiger partial charge in [0.1, 0.15) is 5.25 Å². The molecule has 104 valence electrons. The van der Waals surface area contributed by atoms with Crippen LogP contribution in [-0.4, -0.2) is 54.9 Å². The molecule has 1 aliphatic rings. The summed E-state index contributed by atoms with van der Waals surface area (Å²) in [4.78, 5) is 23.9. The number of hydrogen-bond donors (Lipinski definition) is 1. The first kappa shape index (κ1) is 14.9. The Morgan fingerprint density at radius 2 is 2.00 bits per heavy atom. The molecule has 1 aliphatic heterocycles. The number of carboxylic acid groups (broad SMARTS) is 1. The van der Waals surface area contributed by atoms with E-state index in [9.17, 15) is 18.0 Å². The van der Waals surface area contributed by atoms with Crippen LogP contribution in [0.2, 0.25) is 0 Å².